The van der Waals surface area contributed by atoms with E-state index in [9.17, 15) is 4.79 Å². The molecule has 0 bridgehead atoms. The SMILES string of the molecule is Cc1c(C(=O)N2CCN(CCCc3nc(-c4cccs4)no3)CC2)sc2ccccc12. The van der Waals surface area contributed by atoms with Crippen LogP contribution < -0.4 is 0 Å². The highest BCUT2D eigenvalue weighted by Crippen LogP contribution is 2.31. The lowest BCUT2D eigenvalue weighted by Gasteiger charge is -2.34. The van der Waals surface area contributed by atoms with Gasteiger partial charge >= 0.3 is 0 Å². The van der Waals surface area contributed by atoms with Gasteiger partial charge in [-0.1, -0.05) is 29.4 Å². The van der Waals surface area contributed by atoms with Crippen molar-refractivity contribution < 1.29 is 9.32 Å². The van der Waals surface area contributed by atoms with Crippen molar-refractivity contribution in [2.45, 2.75) is 19.8 Å². The molecule has 6 nitrogen and oxygen atoms in total. The highest BCUT2D eigenvalue weighted by molar-refractivity contribution is 7.21. The summed E-state index contributed by atoms with van der Waals surface area (Å²) >= 11 is 3.23. The van der Waals surface area contributed by atoms with Crippen molar-refractivity contribution >= 4 is 38.7 Å². The van der Waals surface area contributed by atoms with E-state index >= 15 is 0 Å². The fraction of sp³-hybridized carbons (Fsp3) is 0.348. The minimum absolute atomic E-state index is 0.172. The zero-order valence-electron chi connectivity index (χ0n) is 17.4. The number of hydrogen-bond acceptors (Lipinski definition) is 7. The van der Waals surface area contributed by atoms with E-state index < -0.39 is 0 Å². The predicted molar refractivity (Wildman–Crippen MR) is 125 cm³/mol. The second kappa shape index (κ2) is 8.90. The van der Waals surface area contributed by atoms with Gasteiger partial charge in [0.1, 0.15) is 0 Å². The van der Waals surface area contributed by atoms with Gasteiger partial charge in [0.05, 0.1) is 9.75 Å². The Bertz CT molecular complexity index is 1170. The molecule has 0 N–H and O–H groups in total. The Morgan fingerprint density at radius 2 is 1.97 bits per heavy atom. The summed E-state index contributed by atoms with van der Waals surface area (Å²) < 4.78 is 6.57. The van der Waals surface area contributed by atoms with Crippen molar-refractivity contribution in [3.8, 4) is 10.7 Å². The Kier molecular flexibility index (Phi) is 5.85. The molecule has 4 heterocycles. The number of thiophene rings is 2. The van der Waals surface area contributed by atoms with Crippen molar-refractivity contribution in [1.29, 1.82) is 0 Å². The van der Waals surface area contributed by atoms with E-state index in [-0.39, 0.29) is 5.91 Å². The zero-order valence-corrected chi connectivity index (χ0v) is 19.0. The zero-order chi connectivity index (χ0) is 21.2. The second-order valence-corrected chi connectivity index (χ2v) is 9.78. The van der Waals surface area contributed by atoms with Gasteiger partial charge in [-0.2, -0.15) is 4.98 Å². The molecule has 4 aromatic rings. The third-order valence-electron chi connectivity index (χ3n) is 5.77. The van der Waals surface area contributed by atoms with Crippen LogP contribution >= 0.6 is 22.7 Å². The van der Waals surface area contributed by atoms with Crippen LogP contribution in [0.1, 0.15) is 27.5 Å². The van der Waals surface area contributed by atoms with Crippen LogP contribution in [0.2, 0.25) is 0 Å². The number of aryl methyl sites for hydroxylation is 2. The van der Waals surface area contributed by atoms with E-state index in [4.69, 9.17) is 4.52 Å². The molecule has 3 aromatic heterocycles. The molecule has 5 rings (SSSR count). The van der Waals surface area contributed by atoms with Gasteiger partial charge in [-0.3, -0.25) is 9.69 Å². The van der Waals surface area contributed by atoms with Gasteiger partial charge in [0.15, 0.2) is 0 Å². The molecule has 0 unspecified atom stereocenters. The Balaban J connectivity index is 1.11. The lowest BCUT2D eigenvalue weighted by Crippen LogP contribution is -2.48. The maximum atomic E-state index is 13.1. The minimum atomic E-state index is 0.172. The number of benzene rings is 1. The number of fused-ring (bicyclic) bond motifs is 1. The molecule has 1 fully saturated rings. The van der Waals surface area contributed by atoms with Crippen molar-refractivity contribution in [3.05, 3.63) is 58.1 Å². The number of rotatable bonds is 6. The smallest absolute Gasteiger partial charge is 0.264 e. The molecule has 31 heavy (non-hydrogen) atoms. The molecule has 160 valence electrons. The highest BCUT2D eigenvalue weighted by Gasteiger charge is 2.25. The predicted octanol–water partition coefficient (Wildman–Crippen LogP) is 4.71. The highest BCUT2D eigenvalue weighted by atomic mass is 32.1. The van der Waals surface area contributed by atoms with Crippen LogP contribution in [-0.4, -0.2) is 58.6 Å². The average molecular weight is 453 g/mol. The Labute approximate surface area is 189 Å². The van der Waals surface area contributed by atoms with Crippen molar-refractivity contribution in [2.75, 3.05) is 32.7 Å². The summed E-state index contributed by atoms with van der Waals surface area (Å²) in [7, 11) is 0. The van der Waals surface area contributed by atoms with Gasteiger partial charge in [0.25, 0.3) is 5.91 Å². The number of amides is 1. The molecule has 0 saturated carbocycles. The van der Waals surface area contributed by atoms with E-state index in [2.05, 4.69) is 34.1 Å². The summed E-state index contributed by atoms with van der Waals surface area (Å²) in [6, 6.07) is 12.2. The average Bonchev–Trinajstić information content (AvgIpc) is 3.55. The third kappa shape index (κ3) is 4.28. The lowest BCUT2D eigenvalue weighted by atomic mass is 10.1. The topological polar surface area (TPSA) is 62.5 Å². The Morgan fingerprint density at radius 3 is 2.74 bits per heavy atom. The number of piperazine rings is 1. The van der Waals surface area contributed by atoms with Crippen LogP contribution in [0.3, 0.4) is 0 Å². The largest absolute Gasteiger partial charge is 0.339 e. The van der Waals surface area contributed by atoms with Gasteiger partial charge in [0.2, 0.25) is 11.7 Å². The van der Waals surface area contributed by atoms with Gasteiger partial charge in [-0.15, -0.1) is 22.7 Å². The number of nitrogens with zero attached hydrogens (tertiary/aromatic N) is 4. The fourth-order valence-electron chi connectivity index (χ4n) is 4.01. The monoisotopic (exact) mass is 452 g/mol. The molecular formula is C23H24N4O2S2. The van der Waals surface area contributed by atoms with Crippen LogP contribution in [0.15, 0.2) is 46.3 Å². The first-order valence-electron chi connectivity index (χ1n) is 10.6. The van der Waals surface area contributed by atoms with Gasteiger partial charge in [-0.25, -0.2) is 0 Å². The van der Waals surface area contributed by atoms with Crippen LogP contribution in [0.4, 0.5) is 0 Å². The maximum Gasteiger partial charge on any atom is 0.264 e. The second-order valence-electron chi connectivity index (χ2n) is 7.78. The summed E-state index contributed by atoms with van der Waals surface area (Å²) in [4.78, 5) is 23.9. The molecule has 1 aliphatic rings. The summed E-state index contributed by atoms with van der Waals surface area (Å²) in [5.41, 5.74) is 1.11. The number of carbonyl (C=O) groups excluding carboxylic acids is 1. The van der Waals surface area contributed by atoms with Gasteiger partial charge in [-0.05, 0) is 48.4 Å². The van der Waals surface area contributed by atoms with Crippen LogP contribution in [-0.2, 0) is 6.42 Å². The first kappa shape index (κ1) is 20.4. The molecule has 1 saturated heterocycles. The maximum absolute atomic E-state index is 13.1. The third-order valence-corrected chi connectivity index (χ3v) is 7.90. The molecule has 1 aliphatic heterocycles. The van der Waals surface area contributed by atoms with E-state index in [0.29, 0.717) is 11.7 Å². The van der Waals surface area contributed by atoms with Crippen LogP contribution in [0, 0.1) is 6.92 Å². The van der Waals surface area contributed by atoms with E-state index in [1.165, 1.54) is 10.1 Å². The summed E-state index contributed by atoms with van der Waals surface area (Å²) in [6.45, 7) is 6.38. The minimum Gasteiger partial charge on any atom is -0.339 e. The molecule has 1 amide bonds. The van der Waals surface area contributed by atoms with Gasteiger partial charge < -0.3 is 9.42 Å². The van der Waals surface area contributed by atoms with Crippen LogP contribution in [0.25, 0.3) is 20.8 Å². The molecule has 0 radical (unpaired) electrons. The molecular weight excluding hydrogens is 428 g/mol. The van der Waals surface area contributed by atoms with Crippen LogP contribution in [0.5, 0.6) is 0 Å². The normalized spacial score (nSPS) is 15.1. The number of hydrogen-bond donors (Lipinski definition) is 0. The molecule has 0 aliphatic carbocycles. The summed E-state index contributed by atoms with van der Waals surface area (Å²) in [5.74, 6) is 1.54. The van der Waals surface area contributed by atoms with Gasteiger partial charge in [0, 0.05) is 37.3 Å². The Hall–Kier alpha value is -2.55. The summed E-state index contributed by atoms with van der Waals surface area (Å²) in [6.07, 6.45) is 1.74. The number of aromatic nitrogens is 2. The molecule has 8 heteroatoms. The quantitative estimate of drug-likeness (QED) is 0.424. The van der Waals surface area contributed by atoms with E-state index in [1.807, 2.05) is 34.5 Å². The number of carbonyl (C=O) groups is 1. The molecule has 0 atom stereocenters. The fourth-order valence-corrected chi connectivity index (χ4v) is 5.84. The molecule has 0 spiro atoms. The molecule has 1 aromatic carbocycles. The summed E-state index contributed by atoms with van der Waals surface area (Å²) in [5, 5.41) is 7.28. The van der Waals surface area contributed by atoms with Crippen molar-refractivity contribution in [3.63, 3.8) is 0 Å². The first-order valence-corrected chi connectivity index (χ1v) is 12.2. The lowest BCUT2D eigenvalue weighted by molar-refractivity contribution is 0.0640. The van der Waals surface area contributed by atoms with Crippen molar-refractivity contribution in [2.24, 2.45) is 0 Å². The standard InChI is InChI=1S/C23H24N4O2S2/c1-16-17-6-2-3-7-18(17)31-21(16)23(28)27-13-11-26(12-14-27)10-4-9-20-24-22(25-29-20)19-8-5-15-30-19/h2-3,5-8,15H,4,9-14H2,1H3. The van der Waals surface area contributed by atoms with E-state index in [1.54, 1.807) is 22.7 Å². The Morgan fingerprint density at radius 1 is 1.13 bits per heavy atom. The first-order chi connectivity index (χ1) is 15.2. The van der Waals surface area contributed by atoms with Crippen molar-refractivity contribution in [1.82, 2.24) is 19.9 Å². The van der Waals surface area contributed by atoms with E-state index in [0.717, 1.165) is 60.9 Å².